The molecule has 3 nitrogen and oxygen atoms in total. The lowest BCUT2D eigenvalue weighted by Crippen LogP contribution is -2.31. The van der Waals surface area contributed by atoms with Crippen LogP contribution in [0.15, 0.2) is 29.3 Å². The second-order valence-electron chi connectivity index (χ2n) is 6.36. The van der Waals surface area contributed by atoms with E-state index >= 15 is 0 Å². The average molecular weight is 358 g/mol. The molecule has 7 heteroatoms. The summed E-state index contributed by atoms with van der Waals surface area (Å²) in [5.74, 6) is -1.99. The first kappa shape index (κ1) is 17.0. The van der Waals surface area contributed by atoms with E-state index in [9.17, 15) is 22.8 Å². The van der Waals surface area contributed by atoms with E-state index in [0.29, 0.717) is 12.8 Å². The molecule has 0 N–H and O–H groups in total. The number of nitrogens with zero attached hydrogens (tertiary/aromatic N) is 1. The molecular formula is C17H15ClF3NO2. The van der Waals surface area contributed by atoms with Crippen LogP contribution in [0.1, 0.15) is 32.3 Å². The summed E-state index contributed by atoms with van der Waals surface area (Å²) < 4.78 is 38.8. The number of imide groups is 1. The number of benzene rings is 1. The minimum Gasteiger partial charge on any atom is -0.274 e. The zero-order valence-corrected chi connectivity index (χ0v) is 13.8. The molecule has 0 radical (unpaired) electrons. The number of hydrogen-bond donors (Lipinski definition) is 0. The zero-order chi connectivity index (χ0) is 17.8. The van der Waals surface area contributed by atoms with Crippen LogP contribution in [0.25, 0.3) is 0 Å². The number of fused-ring (bicyclic) bond motifs is 1. The monoisotopic (exact) mass is 357 g/mol. The van der Waals surface area contributed by atoms with Gasteiger partial charge in [0.1, 0.15) is 0 Å². The highest BCUT2D eigenvalue weighted by Gasteiger charge is 2.50. The molecule has 2 aliphatic rings. The molecule has 0 saturated carbocycles. The van der Waals surface area contributed by atoms with Crippen molar-refractivity contribution >= 4 is 29.1 Å². The molecule has 2 atom stereocenters. The number of carbonyl (C=O) groups excluding carboxylic acids is 2. The number of carbonyl (C=O) groups is 2. The van der Waals surface area contributed by atoms with Crippen molar-refractivity contribution in [2.24, 2.45) is 11.8 Å². The van der Waals surface area contributed by atoms with E-state index in [-0.39, 0.29) is 10.7 Å². The summed E-state index contributed by atoms with van der Waals surface area (Å²) in [5.41, 5.74) is 0.970. The standard InChI is InChI=1S/C17H15ClF3NO2/c1-8-5-11-12(6-9(8)2)16(24)22(15(11)23)14-7-10(17(19,20)21)3-4-13(14)18/h3-4,7,11-12H,5-6H2,1-2H3. The average Bonchev–Trinajstić information content (AvgIpc) is 2.71. The van der Waals surface area contributed by atoms with E-state index in [1.165, 1.54) is 0 Å². The molecular weight excluding hydrogens is 343 g/mol. The Balaban J connectivity index is 2.03. The highest BCUT2D eigenvalue weighted by Crippen LogP contribution is 2.44. The van der Waals surface area contributed by atoms with Crippen LogP contribution in [0.4, 0.5) is 18.9 Å². The molecule has 1 fully saturated rings. The van der Waals surface area contributed by atoms with Crippen molar-refractivity contribution in [3.8, 4) is 0 Å². The molecule has 0 aromatic heterocycles. The highest BCUT2D eigenvalue weighted by molar-refractivity contribution is 6.36. The van der Waals surface area contributed by atoms with E-state index in [1.54, 1.807) is 0 Å². The van der Waals surface area contributed by atoms with Crippen LogP contribution in [0.3, 0.4) is 0 Å². The quantitative estimate of drug-likeness (QED) is 0.544. The fourth-order valence-electron chi connectivity index (χ4n) is 3.35. The number of anilines is 1. The van der Waals surface area contributed by atoms with E-state index in [2.05, 4.69) is 0 Å². The number of alkyl halides is 3. The molecule has 1 aromatic carbocycles. The number of allylic oxidation sites excluding steroid dienone is 2. The van der Waals surface area contributed by atoms with Crippen molar-refractivity contribution in [2.45, 2.75) is 32.9 Å². The van der Waals surface area contributed by atoms with Gasteiger partial charge in [-0.3, -0.25) is 9.59 Å². The van der Waals surface area contributed by atoms with Gasteiger partial charge in [0, 0.05) is 0 Å². The van der Waals surface area contributed by atoms with Gasteiger partial charge in [0.15, 0.2) is 0 Å². The smallest absolute Gasteiger partial charge is 0.274 e. The van der Waals surface area contributed by atoms with Crippen molar-refractivity contribution in [1.29, 1.82) is 0 Å². The van der Waals surface area contributed by atoms with Crippen LogP contribution in [0.5, 0.6) is 0 Å². The van der Waals surface area contributed by atoms with E-state index in [1.807, 2.05) is 13.8 Å². The van der Waals surface area contributed by atoms with Crippen LogP contribution < -0.4 is 4.90 Å². The molecule has 24 heavy (non-hydrogen) atoms. The van der Waals surface area contributed by atoms with Crippen LogP contribution in [0.2, 0.25) is 5.02 Å². The van der Waals surface area contributed by atoms with Crippen LogP contribution >= 0.6 is 11.6 Å². The first-order chi connectivity index (χ1) is 11.1. The Bertz CT molecular complexity index is 738. The normalized spacial score (nSPS) is 24.7. The molecule has 0 spiro atoms. The lowest BCUT2D eigenvalue weighted by atomic mass is 9.78. The van der Waals surface area contributed by atoms with Gasteiger partial charge in [-0.1, -0.05) is 22.7 Å². The third-order valence-electron chi connectivity index (χ3n) is 4.86. The summed E-state index contributed by atoms with van der Waals surface area (Å²) in [5, 5.41) is -0.0512. The summed E-state index contributed by atoms with van der Waals surface area (Å²) >= 11 is 5.99. The molecule has 1 saturated heterocycles. The molecule has 1 aromatic rings. The van der Waals surface area contributed by atoms with Gasteiger partial charge in [-0.15, -0.1) is 0 Å². The van der Waals surface area contributed by atoms with Crippen LogP contribution in [-0.4, -0.2) is 11.8 Å². The van der Waals surface area contributed by atoms with E-state index < -0.39 is 35.4 Å². The first-order valence-corrected chi connectivity index (χ1v) is 7.89. The van der Waals surface area contributed by atoms with Gasteiger partial charge in [-0.25, -0.2) is 4.90 Å². The lowest BCUT2D eigenvalue weighted by Gasteiger charge is -2.23. The lowest BCUT2D eigenvalue weighted by molar-refractivity contribution is -0.137. The van der Waals surface area contributed by atoms with Gasteiger partial charge in [-0.05, 0) is 44.9 Å². The molecule has 128 valence electrons. The number of hydrogen-bond acceptors (Lipinski definition) is 2. The molecule has 1 aliphatic heterocycles. The minimum absolute atomic E-state index is 0.0512. The predicted molar refractivity (Wildman–Crippen MR) is 83.5 cm³/mol. The molecule has 2 amide bonds. The van der Waals surface area contributed by atoms with Gasteiger partial charge in [-0.2, -0.15) is 13.2 Å². The maximum absolute atomic E-state index is 12.9. The van der Waals surface area contributed by atoms with E-state index in [0.717, 1.165) is 34.2 Å². The third kappa shape index (κ3) is 2.62. The second kappa shape index (κ2) is 5.62. The summed E-state index contributed by atoms with van der Waals surface area (Å²) in [4.78, 5) is 26.1. The van der Waals surface area contributed by atoms with Crippen molar-refractivity contribution in [2.75, 3.05) is 4.90 Å². The van der Waals surface area contributed by atoms with Gasteiger partial charge < -0.3 is 0 Å². The zero-order valence-electron chi connectivity index (χ0n) is 13.1. The van der Waals surface area contributed by atoms with Crippen molar-refractivity contribution < 1.29 is 22.8 Å². The molecule has 0 bridgehead atoms. The maximum atomic E-state index is 12.9. The molecule has 1 aliphatic carbocycles. The summed E-state index contributed by atoms with van der Waals surface area (Å²) in [6, 6.07) is 2.67. The van der Waals surface area contributed by atoms with Gasteiger partial charge in [0.2, 0.25) is 11.8 Å². The van der Waals surface area contributed by atoms with E-state index in [4.69, 9.17) is 11.6 Å². The molecule has 3 rings (SSSR count). The van der Waals surface area contributed by atoms with Crippen molar-refractivity contribution in [1.82, 2.24) is 0 Å². The van der Waals surface area contributed by atoms with Crippen LogP contribution in [-0.2, 0) is 15.8 Å². The van der Waals surface area contributed by atoms with Gasteiger partial charge in [0.25, 0.3) is 0 Å². The largest absolute Gasteiger partial charge is 0.416 e. The summed E-state index contributed by atoms with van der Waals surface area (Å²) in [6.45, 7) is 3.81. The Morgan fingerprint density at radius 1 is 1.04 bits per heavy atom. The fourth-order valence-corrected chi connectivity index (χ4v) is 3.55. The predicted octanol–water partition coefficient (Wildman–Crippen LogP) is 4.59. The summed E-state index contributed by atoms with van der Waals surface area (Å²) in [6.07, 6.45) is -3.67. The first-order valence-electron chi connectivity index (χ1n) is 7.51. The summed E-state index contributed by atoms with van der Waals surface area (Å²) in [7, 11) is 0. The topological polar surface area (TPSA) is 37.4 Å². The number of amides is 2. The Hall–Kier alpha value is -1.82. The Labute approximate surface area is 142 Å². The van der Waals surface area contributed by atoms with Gasteiger partial charge >= 0.3 is 6.18 Å². The van der Waals surface area contributed by atoms with Gasteiger partial charge in [0.05, 0.1) is 28.1 Å². The maximum Gasteiger partial charge on any atom is 0.416 e. The Morgan fingerprint density at radius 2 is 1.54 bits per heavy atom. The SMILES string of the molecule is CC1=C(C)CC2C(=O)N(c3cc(C(F)(F)F)ccc3Cl)C(=O)C2C1. The fraction of sp³-hybridized carbons (Fsp3) is 0.412. The third-order valence-corrected chi connectivity index (χ3v) is 5.18. The molecule has 1 heterocycles. The minimum atomic E-state index is -4.58. The Morgan fingerprint density at radius 3 is 2.00 bits per heavy atom. The Kier molecular flexibility index (Phi) is 3.98. The molecule has 2 unspecified atom stereocenters. The van der Waals surface area contributed by atoms with Crippen molar-refractivity contribution in [3.05, 3.63) is 39.9 Å². The van der Waals surface area contributed by atoms with Crippen molar-refractivity contribution in [3.63, 3.8) is 0 Å². The second-order valence-corrected chi connectivity index (χ2v) is 6.76. The van der Waals surface area contributed by atoms with Crippen LogP contribution in [0, 0.1) is 11.8 Å². The highest BCUT2D eigenvalue weighted by atomic mass is 35.5. The number of halogens is 4. The number of rotatable bonds is 1.